The van der Waals surface area contributed by atoms with Crippen LogP contribution < -0.4 is 0 Å². The first-order valence-corrected chi connectivity index (χ1v) is 7.95. The van der Waals surface area contributed by atoms with Crippen molar-refractivity contribution in [3.63, 3.8) is 0 Å². The molecule has 3 aliphatic carbocycles. The van der Waals surface area contributed by atoms with E-state index in [1.165, 1.54) is 36.8 Å². The zero-order valence-electron chi connectivity index (χ0n) is 12.5. The zero-order valence-corrected chi connectivity index (χ0v) is 12.5. The van der Waals surface area contributed by atoms with Gasteiger partial charge in [-0.25, -0.2) is 0 Å². The minimum atomic E-state index is -0.0859. The Kier molecular flexibility index (Phi) is 3.82. The van der Waals surface area contributed by atoms with Crippen LogP contribution in [0.5, 0.6) is 0 Å². The zero-order chi connectivity index (χ0) is 14.1. The van der Waals surface area contributed by atoms with Crippen LogP contribution >= 0.6 is 0 Å². The normalized spacial score (nSPS) is 39.1. The van der Waals surface area contributed by atoms with Crippen molar-refractivity contribution in [2.75, 3.05) is 6.61 Å². The summed E-state index contributed by atoms with van der Waals surface area (Å²) in [6.45, 7) is 4.61. The fourth-order valence-corrected chi connectivity index (χ4v) is 4.11. The highest BCUT2D eigenvalue weighted by molar-refractivity contribution is 5.76. The molecule has 0 saturated heterocycles. The summed E-state index contributed by atoms with van der Waals surface area (Å²) in [5, 5.41) is 0. The molecule has 0 unspecified atom stereocenters. The molecular weight excluding hydrogens is 248 g/mol. The van der Waals surface area contributed by atoms with Gasteiger partial charge in [-0.1, -0.05) is 36.3 Å². The number of carbonyl (C=O) groups excluding carboxylic acids is 1. The number of ether oxygens (including phenoxy) is 1. The number of hydrogen-bond donors (Lipinski definition) is 0. The minimum Gasteiger partial charge on any atom is -0.466 e. The van der Waals surface area contributed by atoms with Crippen LogP contribution in [-0.4, -0.2) is 12.6 Å². The number of esters is 1. The van der Waals surface area contributed by atoms with Crippen LogP contribution in [0.25, 0.3) is 0 Å². The molecule has 0 aromatic heterocycles. The first kappa shape index (κ1) is 13.7. The van der Waals surface area contributed by atoms with Gasteiger partial charge in [0.2, 0.25) is 0 Å². The molecule has 0 heterocycles. The van der Waals surface area contributed by atoms with Crippen molar-refractivity contribution in [3.8, 4) is 0 Å². The molecule has 4 atom stereocenters. The maximum atomic E-state index is 12.2. The number of hydrogen-bond acceptors (Lipinski definition) is 2. The van der Waals surface area contributed by atoms with Crippen LogP contribution in [0.1, 0.15) is 39.5 Å². The Morgan fingerprint density at radius 3 is 2.95 bits per heavy atom. The van der Waals surface area contributed by atoms with Gasteiger partial charge in [-0.2, -0.15) is 0 Å². The lowest BCUT2D eigenvalue weighted by atomic mass is 9.67. The van der Waals surface area contributed by atoms with E-state index in [2.05, 4.69) is 31.2 Å². The van der Waals surface area contributed by atoms with Crippen molar-refractivity contribution in [1.82, 2.24) is 0 Å². The summed E-state index contributed by atoms with van der Waals surface area (Å²) in [6.07, 6.45) is 14.0. The molecule has 0 aromatic rings. The third-order valence-corrected chi connectivity index (χ3v) is 5.10. The summed E-state index contributed by atoms with van der Waals surface area (Å²) in [4.78, 5) is 12.2. The van der Waals surface area contributed by atoms with Gasteiger partial charge in [0, 0.05) is 5.92 Å². The second kappa shape index (κ2) is 5.59. The molecule has 0 spiro atoms. The Balaban J connectivity index is 1.93. The van der Waals surface area contributed by atoms with E-state index in [0.29, 0.717) is 24.4 Å². The summed E-state index contributed by atoms with van der Waals surface area (Å²) >= 11 is 0. The van der Waals surface area contributed by atoms with Crippen molar-refractivity contribution in [3.05, 3.63) is 35.5 Å². The highest BCUT2D eigenvalue weighted by Crippen LogP contribution is 2.48. The van der Waals surface area contributed by atoms with Gasteiger partial charge in [0.1, 0.15) is 0 Å². The van der Waals surface area contributed by atoms with Gasteiger partial charge in [0.05, 0.1) is 12.5 Å². The largest absolute Gasteiger partial charge is 0.466 e. The lowest BCUT2D eigenvalue weighted by Crippen LogP contribution is -2.34. The molecule has 2 nitrogen and oxygen atoms in total. The minimum absolute atomic E-state index is 0.0576. The van der Waals surface area contributed by atoms with Crippen LogP contribution in [0.2, 0.25) is 0 Å². The van der Waals surface area contributed by atoms with Gasteiger partial charge >= 0.3 is 5.97 Å². The Bertz CT molecular complexity index is 484. The monoisotopic (exact) mass is 272 g/mol. The maximum Gasteiger partial charge on any atom is 0.313 e. The lowest BCUT2D eigenvalue weighted by Gasteiger charge is -2.36. The summed E-state index contributed by atoms with van der Waals surface area (Å²) in [6, 6.07) is 0. The summed E-state index contributed by atoms with van der Waals surface area (Å²) in [7, 11) is 0. The van der Waals surface area contributed by atoms with Gasteiger partial charge in [-0.15, -0.1) is 0 Å². The average Bonchev–Trinajstić information content (AvgIpc) is 2.86. The molecule has 0 amide bonds. The highest BCUT2D eigenvalue weighted by Gasteiger charge is 2.43. The quantitative estimate of drug-likeness (QED) is 0.560. The van der Waals surface area contributed by atoms with E-state index in [1.54, 1.807) is 0 Å². The molecule has 2 heteroatoms. The smallest absolute Gasteiger partial charge is 0.313 e. The van der Waals surface area contributed by atoms with E-state index in [0.717, 1.165) is 0 Å². The third-order valence-electron chi connectivity index (χ3n) is 5.10. The Hall–Kier alpha value is -1.31. The molecule has 0 aromatic carbocycles. The fraction of sp³-hybridized carbons (Fsp3) is 0.611. The van der Waals surface area contributed by atoms with E-state index in [1.807, 2.05) is 6.92 Å². The Labute approximate surface area is 121 Å². The Morgan fingerprint density at radius 1 is 1.30 bits per heavy atom. The summed E-state index contributed by atoms with van der Waals surface area (Å²) in [5.41, 5.74) is 3.02. The molecule has 108 valence electrons. The number of carbonyl (C=O) groups is 1. The van der Waals surface area contributed by atoms with Gasteiger partial charge in [-0.05, 0) is 50.5 Å². The molecule has 3 aliphatic rings. The molecule has 0 N–H and O–H groups in total. The van der Waals surface area contributed by atoms with E-state index in [4.69, 9.17) is 4.74 Å². The van der Waals surface area contributed by atoms with E-state index >= 15 is 0 Å². The van der Waals surface area contributed by atoms with Crippen molar-refractivity contribution in [2.24, 2.45) is 23.7 Å². The van der Waals surface area contributed by atoms with Crippen molar-refractivity contribution in [2.45, 2.75) is 39.5 Å². The molecule has 0 saturated carbocycles. The lowest BCUT2D eigenvalue weighted by molar-refractivity contribution is -0.148. The predicted octanol–water partition coefficient (Wildman–Crippen LogP) is 4.04. The van der Waals surface area contributed by atoms with E-state index in [9.17, 15) is 4.79 Å². The topological polar surface area (TPSA) is 26.3 Å². The highest BCUT2D eigenvalue weighted by atomic mass is 16.5. The first-order valence-electron chi connectivity index (χ1n) is 7.95. The van der Waals surface area contributed by atoms with Gasteiger partial charge in [0.25, 0.3) is 0 Å². The molecule has 0 bridgehead atoms. The van der Waals surface area contributed by atoms with Crippen LogP contribution in [-0.2, 0) is 9.53 Å². The molecular formula is C18H24O2. The fourth-order valence-electron chi connectivity index (χ4n) is 4.11. The Morgan fingerprint density at radius 2 is 2.15 bits per heavy atom. The van der Waals surface area contributed by atoms with Gasteiger partial charge in [0.15, 0.2) is 0 Å². The summed E-state index contributed by atoms with van der Waals surface area (Å²) in [5.74, 6) is 1.28. The second-order valence-corrected chi connectivity index (χ2v) is 6.27. The molecule has 3 rings (SSSR count). The van der Waals surface area contributed by atoms with Gasteiger partial charge in [-0.3, -0.25) is 4.79 Å². The average molecular weight is 272 g/mol. The van der Waals surface area contributed by atoms with Gasteiger partial charge < -0.3 is 4.74 Å². The SMILES string of the molecule is CCOC(=O)[C@@H]1C=C[C@@H]2CCCC/C(C)=C3/C=C[C@H]1[C@@H]32. The third kappa shape index (κ3) is 2.25. The standard InChI is InChI=1S/C18H24O2/c1-3-20-18(19)16-9-8-13-7-5-4-6-12(2)14-10-11-15(16)17(13)14/h8-11,13,15-17H,3-7H2,1-2H3/b14-12-/t13-,15+,16+,17+/m0/s1. The molecule has 0 aliphatic heterocycles. The molecule has 20 heavy (non-hydrogen) atoms. The van der Waals surface area contributed by atoms with Crippen LogP contribution in [0.4, 0.5) is 0 Å². The second-order valence-electron chi connectivity index (χ2n) is 6.27. The van der Waals surface area contributed by atoms with Crippen LogP contribution in [0, 0.1) is 23.7 Å². The van der Waals surface area contributed by atoms with Crippen LogP contribution in [0.3, 0.4) is 0 Å². The number of rotatable bonds is 2. The van der Waals surface area contributed by atoms with Crippen LogP contribution in [0.15, 0.2) is 35.5 Å². The predicted molar refractivity (Wildman–Crippen MR) is 80.0 cm³/mol. The maximum absolute atomic E-state index is 12.2. The molecule has 0 fully saturated rings. The summed E-state index contributed by atoms with van der Waals surface area (Å²) < 4.78 is 5.25. The van der Waals surface area contributed by atoms with Crippen molar-refractivity contribution >= 4 is 5.97 Å². The first-order chi connectivity index (χ1) is 9.72. The van der Waals surface area contributed by atoms with Crippen molar-refractivity contribution < 1.29 is 9.53 Å². The van der Waals surface area contributed by atoms with Crippen molar-refractivity contribution in [1.29, 1.82) is 0 Å². The number of allylic oxidation sites excluding steroid dienone is 5. The van der Waals surface area contributed by atoms with E-state index in [-0.39, 0.29) is 11.9 Å². The van der Waals surface area contributed by atoms with E-state index < -0.39 is 0 Å². The molecule has 0 radical (unpaired) electrons.